The van der Waals surface area contributed by atoms with Crippen molar-refractivity contribution in [2.24, 2.45) is 11.8 Å². The molecular weight excluding hydrogens is 1260 g/mol. The number of carbonyl (C=O) groups excluding carboxylic acids is 4. The number of phosphoric ester groups is 2. The number of hydrogen-bond donors (Lipinski definition) is 3. The van der Waals surface area contributed by atoms with Gasteiger partial charge in [-0.1, -0.05) is 350 Å². The number of rotatable bonds is 76. The molecule has 0 aliphatic heterocycles. The smallest absolute Gasteiger partial charge is 0.462 e. The van der Waals surface area contributed by atoms with E-state index in [0.717, 1.165) is 102 Å². The number of aliphatic hydroxyl groups excluding tert-OH is 1. The molecule has 19 heteroatoms. The van der Waals surface area contributed by atoms with Gasteiger partial charge in [-0.25, -0.2) is 9.13 Å². The predicted octanol–water partition coefficient (Wildman–Crippen LogP) is 22.7. The van der Waals surface area contributed by atoms with E-state index in [9.17, 15) is 43.2 Å². The molecule has 0 saturated carbocycles. The van der Waals surface area contributed by atoms with Crippen LogP contribution in [-0.4, -0.2) is 96.7 Å². The molecule has 0 aromatic rings. The predicted molar refractivity (Wildman–Crippen MR) is 391 cm³/mol. The number of ether oxygens (including phenoxy) is 4. The fourth-order valence-corrected chi connectivity index (χ4v) is 13.4. The summed E-state index contributed by atoms with van der Waals surface area (Å²) >= 11 is 0. The van der Waals surface area contributed by atoms with Gasteiger partial charge in [-0.05, 0) is 37.5 Å². The van der Waals surface area contributed by atoms with E-state index >= 15 is 0 Å². The van der Waals surface area contributed by atoms with Gasteiger partial charge in [0.05, 0.1) is 26.4 Å². The second kappa shape index (κ2) is 68.8. The van der Waals surface area contributed by atoms with Crippen LogP contribution in [0.5, 0.6) is 0 Å². The largest absolute Gasteiger partial charge is 0.472 e. The summed E-state index contributed by atoms with van der Waals surface area (Å²) in [6.45, 7) is 9.64. The molecule has 0 fully saturated rings. The zero-order valence-electron chi connectivity index (χ0n) is 62.7. The van der Waals surface area contributed by atoms with Crippen LogP contribution in [0.4, 0.5) is 0 Å². The standard InChI is InChI=1S/C77H150O17P2/c1-7-9-11-13-15-17-35-41-47-53-59-74(79)87-65-72(93-76(81)61-55-49-43-36-18-16-14-12-10-8-2)67-91-95(83,84)89-63-71(78)64-90-96(85,86)92-68-73(94-77(82)62-56-50-44-38-32-28-24-20-22-26-30-34-40-46-52-58-70(5)6)66-88-75(80)60-54-48-42-37-31-27-23-19-21-25-29-33-39-45-51-57-69(3)4/h69-73,78H,7-68H2,1-6H3,(H,83,84)(H,85,86)/t71-,72+,73+/m0/s1. The van der Waals surface area contributed by atoms with Gasteiger partial charge >= 0.3 is 39.5 Å². The second-order valence-electron chi connectivity index (χ2n) is 28.7. The number of phosphoric acid groups is 2. The van der Waals surface area contributed by atoms with Crippen molar-refractivity contribution in [3.05, 3.63) is 0 Å². The highest BCUT2D eigenvalue weighted by Crippen LogP contribution is 2.45. The van der Waals surface area contributed by atoms with Gasteiger partial charge < -0.3 is 33.8 Å². The molecule has 0 bridgehead atoms. The van der Waals surface area contributed by atoms with Crippen molar-refractivity contribution in [1.82, 2.24) is 0 Å². The SMILES string of the molecule is CCCCCCCCCCCCC(=O)OC[C@H](COP(=O)(O)OC[C@H](O)COP(=O)(O)OC[C@@H](COC(=O)CCCCCCCCCCCCCCCCCC(C)C)OC(=O)CCCCCCCCCCCCCCCCCC(C)C)OC(=O)CCCCCCCCCCCC. The Labute approximate surface area is 588 Å². The van der Waals surface area contributed by atoms with Crippen molar-refractivity contribution in [3.63, 3.8) is 0 Å². The van der Waals surface area contributed by atoms with Gasteiger partial charge in [-0.2, -0.15) is 0 Å². The normalized spacial score (nSPS) is 14.0. The number of esters is 4. The van der Waals surface area contributed by atoms with Crippen LogP contribution in [0, 0.1) is 11.8 Å². The third-order valence-corrected chi connectivity index (χ3v) is 19.9. The molecule has 0 aromatic carbocycles. The van der Waals surface area contributed by atoms with Gasteiger partial charge in [0, 0.05) is 25.7 Å². The lowest BCUT2D eigenvalue weighted by Gasteiger charge is -2.21. The summed E-state index contributed by atoms with van der Waals surface area (Å²) in [7, 11) is -9.91. The quantitative estimate of drug-likeness (QED) is 0.0222. The average molecular weight is 1410 g/mol. The molecule has 0 aliphatic rings. The fraction of sp³-hybridized carbons (Fsp3) is 0.948. The van der Waals surface area contributed by atoms with Crippen molar-refractivity contribution in [2.75, 3.05) is 39.6 Å². The van der Waals surface area contributed by atoms with Crippen LogP contribution in [0.15, 0.2) is 0 Å². The first-order valence-corrected chi connectivity index (χ1v) is 43.0. The molecule has 5 atom stereocenters. The maximum Gasteiger partial charge on any atom is 0.472 e. The second-order valence-corrected chi connectivity index (χ2v) is 31.6. The zero-order valence-corrected chi connectivity index (χ0v) is 64.5. The first-order chi connectivity index (χ1) is 46.4. The molecule has 17 nitrogen and oxygen atoms in total. The van der Waals surface area contributed by atoms with Crippen LogP contribution in [0.1, 0.15) is 401 Å². The molecule has 0 spiro atoms. The van der Waals surface area contributed by atoms with E-state index in [1.807, 2.05) is 0 Å². The molecule has 0 rings (SSSR count). The Kier molecular flexibility index (Phi) is 67.4. The lowest BCUT2D eigenvalue weighted by atomic mass is 10.0. The molecule has 0 aromatic heterocycles. The van der Waals surface area contributed by atoms with Crippen LogP contribution in [-0.2, 0) is 65.4 Å². The minimum Gasteiger partial charge on any atom is -0.462 e. The van der Waals surface area contributed by atoms with Crippen LogP contribution in [0.25, 0.3) is 0 Å². The summed E-state index contributed by atoms with van der Waals surface area (Å²) in [5.74, 6) is -0.505. The van der Waals surface area contributed by atoms with Crippen LogP contribution in [0.2, 0.25) is 0 Å². The Morgan fingerprint density at radius 2 is 0.479 bits per heavy atom. The fourth-order valence-electron chi connectivity index (χ4n) is 11.8. The Morgan fingerprint density at radius 3 is 0.708 bits per heavy atom. The van der Waals surface area contributed by atoms with Crippen LogP contribution < -0.4 is 0 Å². The number of aliphatic hydroxyl groups is 1. The summed E-state index contributed by atoms with van der Waals surface area (Å²) in [5.41, 5.74) is 0. The van der Waals surface area contributed by atoms with E-state index in [2.05, 4.69) is 41.5 Å². The van der Waals surface area contributed by atoms with Gasteiger partial charge in [0.25, 0.3) is 0 Å². The first kappa shape index (κ1) is 94.1. The molecule has 0 heterocycles. The highest BCUT2D eigenvalue weighted by Gasteiger charge is 2.30. The highest BCUT2D eigenvalue weighted by molar-refractivity contribution is 7.47. The molecule has 0 saturated heterocycles. The molecule has 2 unspecified atom stereocenters. The summed E-state index contributed by atoms with van der Waals surface area (Å²) in [6, 6.07) is 0. The topological polar surface area (TPSA) is 237 Å². The van der Waals surface area contributed by atoms with Crippen LogP contribution in [0.3, 0.4) is 0 Å². The highest BCUT2D eigenvalue weighted by atomic mass is 31.2. The van der Waals surface area contributed by atoms with E-state index in [4.69, 9.17) is 37.0 Å². The molecule has 3 N–H and O–H groups in total. The Balaban J connectivity index is 5.21. The first-order valence-electron chi connectivity index (χ1n) is 40.0. The number of carbonyl (C=O) groups is 4. The lowest BCUT2D eigenvalue weighted by molar-refractivity contribution is -0.161. The van der Waals surface area contributed by atoms with Gasteiger partial charge in [0.15, 0.2) is 12.2 Å². The van der Waals surface area contributed by atoms with Gasteiger partial charge in [0.1, 0.15) is 19.3 Å². The van der Waals surface area contributed by atoms with E-state index < -0.39 is 97.5 Å². The average Bonchev–Trinajstić information content (AvgIpc) is 3.71. The Hall–Kier alpha value is -1.94. The molecule has 0 aliphatic carbocycles. The summed E-state index contributed by atoms with van der Waals surface area (Å²) in [6.07, 6.45) is 56.8. The summed E-state index contributed by atoms with van der Waals surface area (Å²) in [5, 5.41) is 10.6. The molecular formula is C77H150O17P2. The van der Waals surface area contributed by atoms with E-state index in [1.165, 1.54) is 218 Å². The summed E-state index contributed by atoms with van der Waals surface area (Å²) < 4.78 is 68.5. The van der Waals surface area contributed by atoms with Gasteiger partial charge in [-0.3, -0.25) is 37.3 Å². The van der Waals surface area contributed by atoms with E-state index in [-0.39, 0.29) is 25.7 Å². The minimum absolute atomic E-state index is 0.107. The molecule has 0 radical (unpaired) electrons. The minimum atomic E-state index is -4.96. The molecule has 96 heavy (non-hydrogen) atoms. The molecule has 0 amide bonds. The summed E-state index contributed by atoms with van der Waals surface area (Å²) in [4.78, 5) is 72.8. The van der Waals surface area contributed by atoms with Crippen molar-refractivity contribution in [3.8, 4) is 0 Å². The molecule has 570 valence electrons. The Bertz CT molecular complexity index is 1860. The van der Waals surface area contributed by atoms with Crippen molar-refractivity contribution >= 4 is 39.5 Å². The van der Waals surface area contributed by atoms with Gasteiger partial charge in [-0.15, -0.1) is 0 Å². The third kappa shape index (κ3) is 70.5. The van der Waals surface area contributed by atoms with Crippen molar-refractivity contribution < 1.29 is 80.2 Å². The lowest BCUT2D eigenvalue weighted by Crippen LogP contribution is -2.30. The third-order valence-electron chi connectivity index (χ3n) is 18.0. The van der Waals surface area contributed by atoms with E-state index in [0.29, 0.717) is 25.7 Å². The number of hydrogen-bond acceptors (Lipinski definition) is 15. The van der Waals surface area contributed by atoms with E-state index in [1.54, 1.807) is 0 Å². The Morgan fingerprint density at radius 1 is 0.281 bits per heavy atom. The van der Waals surface area contributed by atoms with Crippen molar-refractivity contribution in [2.45, 2.75) is 419 Å². The maximum absolute atomic E-state index is 13.1. The van der Waals surface area contributed by atoms with Gasteiger partial charge in [0.2, 0.25) is 0 Å². The van der Waals surface area contributed by atoms with Crippen molar-refractivity contribution in [1.29, 1.82) is 0 Å². The monoisotopic (exact) mass is 1410 g/mol. The van der Waals surface area contributed by atoms with Crippen LogP contribution >= 0.6 is 15.6 Å². The number of unbranched alkanes of at least 4 members (excludes halogenated alkanes) is 46. The zero-order chi connectivity index (χ0) is 70.7. The maximum atomic E-state index is 13.1.